The van der Waals surface area contributed by atoms with Gasteiger partial charge in [0.15, 0.2) is 0 Å². The van der Waals surface area contributed by atoms with Gasteiger partial charge in [0, 0.05) is 13.1 Å². The molecule has 0 aromatic rings. The fourth-order valence-corrected chi connectivity index (χ4v) is 1.39. The molecule has 3 N–H and O–H groups in total. The summed E-state index contributed by atoms with van der Waals surface area (Å²) >= 11 is 0. The first kappa shape index (κ1) is 12.9. The summed E-state index contributed by atoms with van der Waals surface area (Å²) in [5.74, 6) is -1.41. The highest BCUT2D eigenvalue weighted by Crippen LogP contribution is 2.14. The van der Waals surface area contributed by atoms with Crippen molar-refractivity contribution in [1.82, 2.24) is 10.6 Å². The van der Waals surface area contributed by atoms with Crippen LogP contribution < -0.4 is 10.6 Å². The molecule has 0 spiro atoms. The van der Waals surface area contributed by atoms with E-state index in [4.69, 9.17) is 9.84 Å². The molecule has 1 fully saturated rings. The molecule has 0 radical (unpaired) electrons. The van der Waals surface area contributed by atoms with Crippen LogP contribution in [0.15, 0.2) is 0 Å². The highest BCUT2D eigenvalue weighted by Gasteiger charge is 2.33. The minimum absolute atomic E-state index is 0.0953. The second-order valence-electron chi connectivity index (χ2n) is 4.21. The number of carboxylic acid groups (broad SMARTS) is 1. The standard InChI is InChI=1S/C10H18N2O4/c1-3-7(9(14)15)12-8(13)4-16-10(2)5-11-6-10/h7,11H,3-6H2,1-2H3,(H,12,13)(H,14,15)/t7-/m0/s1. The van der Waals surface area contributed by atoms with Gasteiger partial charge in [0.05, 0.1) is 5.60 Å². The Balaban J connectivity index is 2.27. The first-order valence-corrected chi connectivity index (χ1v) is 5.34. The molecule has 1 heterocycles. The van der Waals surface area contributed by atoms with Crippen LogP contribution in [-0.2, 0) is 14.3 Å². The molecular weight excluding hydrogens is 212 g/mol. The second kappa shape index (κ2) is 5.27. The third-order valence-corrected chi connectivity index (χ3v) is 2.59. The summed E-state index contributed by atoms with van der Waals surface area (Å²) in [6.07, 6.45) is 0.361. The molecule has 0 saturated carbocycles. The monoisotopic (exact) mass is 230 g/mol. The number of nitrogens with one attached hydrogen (secondary N) is 2. The Hall–Kier alpha value is -1.14. The van der Waals surface area contributed by atoms with Gasteiger partial charge in [-0.15, -0.1) is 0 Å². The normalized spacial score (nSPS) is 19.6. The molecule has 6 heteroatoms. The molecule has 1 saturated heterocycles. The summed E-state index contributed by atoms with van der Waals surface area (Å²) < 4.78 is 5.38. The van der Waals surface area contributed by atoms with E-state index in [2.05, 4.69) is 10.6 Å². The highest BCUT2D eigenvalue weighted by atomic mass is 16.5. The lowest BCUT2D eigenvalue weighted by Crippen LogP contribution is -2.60. The second-order valence-corrected chi connectivity index (χ2v) is 4.21. The molecule has 0 bridgehead atoms. The highest BCUT2D eigenvalue weighted by molar-refractivity contribution is 5.84. The van der Waals surface area contributed by atoms with Crippen LogP contribution in [0.25, 0.3) is 0 Å². The van der Waals surface area contributed by atoms with Crippen molar-refractivity contribution in [3.8, 4) is 0 Å². The van der Waals surface area contributed by atoms with Crippen LogP contribution in [0.3, 0.4) is 0 Å². The lowest BCUT2D eigenvalue weighted by Gasteiger charge is -2.38. The summed E-state index contributed by atoms with van der Waals surface area (Å²) in [7, 11) is 0. The van der Waals surface area contributed by atoms with Crippen LogP contribution in [0, 0.1) is 0 Å². The Morgan fingerprint density at radius 2 is 2.19 bits per heavy atom. The van der Waals surface area contributed by atoms with E-state index in [9.17, 15) is 9.59 Å². The van der Waals surface area contributed by atoms with Crippen molar-refractivity contribution in [2.24, 2.45) is 0 Å². The van der Waals surface area contributed by atoms with Crippen molar-refractivity contribution in [1.29, 1.82) is 0 Å². The van der Waals surface area contributed by atoms with Crippen molar-refractivity contribution in [2.75, 3.05) is 19.7 Å². The molecule has 1 aliphatic heterocycles. The van der Waals surface area contributed by atoms with Crippen LogP contribution in [0.4, 0.5) is 0 Å². The number of hydrogen-bond acceptors (Lipinski definition) is 4. The van der Waals surface area contributed by atoms with Gasteiger partial charge in [-0.25, -0.2) is 4.79 Å². The van der Waals surface area contributed by atoms with Gasteiger partial charge >= 0.3 is 5.97 Å². The van der Waals surface area contributed by atoms with Crippen LogP contribution in [0.2, 0.25) is 0 Å². The Morgan fingerprint density at radius 3 is 2.56 bits per heavy atom. The van der Waals surface area contributed by atoms with Crippen molar-refractivity contribution in [3.05, 3.63) is 0 Å². The molecule has 1 rings (SSSR count). The first-order chi connectivity index (χ1) is 7.47. The fraction of sp³-hybridized carbons (Fsp3) is 0.800. The maximum Gasteiger partial charge on any atom is 0.326 e. The van der Waals surface area contributed by atoms with Crippen molar-refractivity contribution < 1.29 is 19.4 Å². The Morgan fingerprint density at radius 1 is 1.56 bits per heavy atom. The predicted molar refractivity (Wildman–Crippen MR) is 57.1 cm³/mol. The minimum atomic E-state index is -1.02. The van der Waals surface area contributed by atoms with Crippen LogP contribution >= 0.6 is 0 Å². The maximum absolute atomic E-state index is 11.4. The molecule has 0 aromatic carbocycles. The molecule has 1 aliphatic rings. The van der Waals surface area contributed by atoms with E-state index >= 15 is 0 Å². The van der Waals surface area contributed by atoms with Crippen molar-refractivity contribution in [3.63, 3.8) is 0 Å². The number of rotatable bonds is 6. The number of carbonyl (C=O) groups is 2. The first-order valence-electron chi connectivity index (χ1n) is 5.34. The zero-order valence-corrected chi connectivity index (χ0v) is 9.58. The van der Waals surface area contributed by atoms with Gasteiger partial charge in [-0.2, -0.15) is 0 Å². The molecular formula is C10H18N2O4. The zero-order chi connectivity index (χ0) is 12.2. The van der Waals surface area contributed by atoms with E-state index in [1.807, 2.05) is 6.92 Å². The van der Waals surface area contributed by atoms with Gasteiger partial charge in [0.25, 0.3) is 0 Å². The topological polar surface area (TPSA) is 87.7 Å². The Kier molecular flexibility index (Phi) is 4.26. The molecule has 6 nitrogen and oxygen atoms in total. The predicted octanol–water partition coefficient (Wildman–Crippen LogP) is -0.656. The van der Waals surface area contributed by atoms with E-state index in [1.165, 1.54) is 0 Å². The number of carboxylic acids is 1. The molecule has 0 aromatic heterocycles. The number of hydrogen-bond donors (Lipinski definition) is 3. The van der Waals surface area contributed by atoms with Gasteiger partial charge in [0.2, 0.25) is 5.91 Å². The van der Waals surface area contributed by atoms with E-state index < -0.39 is 12.0 Å². The smallest absolute Gasteiger partial charge is 0.326 e. The van der Waals surface area contributed by atoms with Gasteiger partial charge in [-0.3, -0.25) is 4.79 Å². The molecule has 16 heavy (non-hydrogen) atoms. The zero-order valence-electron chi connectivity index (χ0n) is 9.58. The Labute approximate surface area is 94.3 Å². The van der Waals surface area contributed by atoms with Crippen LogP contribution in [-0.4, -0.2) is 48.3 Å². The largest absolute Gasteiger partial charge is 0.480 e. The average molecular weight is 230 g/mol. The Bertz CT molecular complexity index is 276. The van der Waals surface area contributed by atoms with E-state index in [-0.39, 0.29) is 18.1 Å². The number of carbonyl (C=O) groups excluding carboxylic acids is 1. The number of ether oxygens (including phenoxy) is 1. The van der Waals surface area contributed by atoms with E-state index in [1.54, 1.807) is 6.92 Å². The summed E-state index contributed by atoms with van der Waals surface area (Å²) in [6.45, 7) is 4.96. The fourth-order valence-electron chi connectivity index (χ4n) is 1.39. The molecule has 0 unspecified atom stereocenters. The summed E-state index contributed by atoms with van der Waals surface area (Å²) in [4.78, 5) is 22.1. The third kappa shape index (κ3) is 3.46. The third-order valence-electron chi connectivity index (χ3n) is 2.59. The number of aliphatic carboxylic acids is 1. The lowest BCUT2D eigenvalue weighted by molar-refractivity contribution is -0.145. The summed E-state index contributed by atoms with van der Waals surface area (Å²) in [6, 6.07) is -0.830. The average Bonchev–Trinajstić information content (AvgIpc) is 2.19. The van der Waals surface area contributed by atoms with Crippen LogP contribution in [0.1, 0.15) is 20.3 Å². The minimum Gasteiger partial charge on any atom is -0.480 e. The molecule has 0 aliphatic carbocycles. The SMILES string of the molecule is CC[C@H](NC(=O)COC1(C)CNC1)C(=O)O. The van der Waals surface area contributed by atoms with Gasteiger partial charge < -0.3 is 20.5 Å². The van der Waals surface area contributed by atoms with Crippen LogP contribution in [0.5, 0.6) is 0 Å². The molecule has 92 valence electrons. The number of amides is 1. The van der Waals surface area contributed by atoms with Crippen molar-refractivity contribution in [2.45, 2.75) is 31.9 Å². The van der Waals surface area contributed by atoms with Crippen molar-refractivity contribution >= 4 is 11.9 Å². The lowest BCUT2D eigenvalue weighted by atomic mass is 10.0. The van der Waals surface area contributed by atoms with Gasteiger partial charge in [0.1, 0.15) is 12.6 Å². The molecule has 1 atom stereocenters. The van der Waals surface area contributed by atoms with Gasteiger partial charge in [-0.05, 0) is 13.3 Å². The van der Waals surface area contributed by atoms with E-state index in [0.29, 0.717) is 6.42 Å². The quantitative estimate of drug-likeness (QED) is 0.564. The van der Waals surface area contributed by atoms with Gasteiger partial charge in [-0.1, -0.05) is 6.92 Å². The molecule has 1 amide bonds. The summed E-state index contributed by atoms with van der Waals surface area (Å²) in [5.41, 5.74) is -0.289. The summed E-state index contributed by atoms with van der Waals surface area (Å²) in [5, 5.41) is 14.2. The maximum atomic E-state index is 11.4. The van der Waals surface area contributed by atoms with E-state index in [0.717, 1.165) is 13.1 Å².